The van der Waals surface area contributed by atoms with Crippen LogP contribution >= 0.6 is 21.6 Å². The van der Waals surface area contributed by atoms with Crippen LogP contribution in [0.3, 0.4) is 0 Å². The molecule has 1 aliphatic heterocycles. The minimum atomic E-state index is 0.231. The van der Waals surface area contributed by atoms with E-state index in [1.165, 1.54) is 25.0 Å². The van der Waals surface area contributed by atoms with Crippen LogP contribution in [0.5, 0.6) is 0 Å². The number of carbonyl (C=O) groups is 1. The zero-order valence-electron chi connectivity index (χ0n) is 10.8. The number of carbonyl (C=O) groups excluding carboxylic acids is 1. The Morgan fingerprint density at radius 1 is 1.22 bits per heavy atom. The third-order valence-corrected chi connectivity index (χ3v) is 5.93. The van der Waals surface area contributed by atoms with Crippen molar-refractivity contribution in [2.24, 2.45) is 11.5 Å². The molecule has 0 aromatic carbocycles. The molecule has 0 amide bonds. The van der Waals surface area contributed by atoms with Gasteiger partial charge in [0.05, 0.1) is 6.54 Å². The van der Waals surface area contributed by atoms with Crippen LogP contribution in [0.25, 0.3) is 0 Å². The molecule has 1 saturated heterocycles. The maximum atomic E-state index is 11.6. The van der Waals surface area contributed by atoms with Gasteiger partial charge in [0.2, 0.25) is 0 Å². The minimum Gasteiger partial charge on any atom is -0.300 e. The predicted octanol–water partition coefficient (Wildman–Crippen LogP) is 0.404. The van der Waals surface area contributed by atoms with Crippen molar-refractivity contribution in [1.82, 2.24) is 0 Å². The van der Waals surface area contributed by atoms with E-state index in [1.807, 2.05) is 21.6 Å². The maximum absolute atomic E-state index is 11.6. The Balaban J connectivity index is 1.91. The molecule has 0 aliphatic carbocycles. The fraction of sp³-hybridized carbons (Fsp3) is 0.833. The van der Waals surface area contributed by atoms with Crippen LogP contribution < -0.4 is 16.5 Å². The second-order valence-electron chi connectivity index (χ2n) is 4.60. The Morgan fingerprint density at radius 2 is 2.00 bits per heavy atom. The summed E-state index contributed by atoms with van der Waals surface area (Å²) < 4.78 is 0. The Kier molecular flexibility index (Phi) is 8.33. The molecule has 104 valence electrons. The van der Waals surface area contributed by atoms with Crippen molar-refractivity contribution in [3.63, 3.8) is 0 Å². The molecule has 1 heterocycles. The van der Waals surface area contributed by atoms with Crippen LogP contribution in [0.1, 0.15) is 44.9 Å². The van der Waals surface area contributed by atoms with Crippen molar-refractivity contribution in [2.45, 2.75) is 50.2 Å². The molecule has 18 heavy (non-hydrogen) atoms. The summed E-state index contributed by atoms with van der Waals surface area (Å²) in [5.74, 6) is 1.89. The van der Waals surface area contributed by atoms with Gasteiger partial charge in [-0.15, -0.1) is 0 Å². The van der Waals surface area contributed by atoms with Gasteiger partial charge in [0.1, 0.15) is 5.78 Å². The van der Waals surface area contributed by atoms with E-state index in [0.717, 1.165) is 24.5 Å². The molecule has 0 aromatic rings. The number of nitrogens with two attached hydrogens (primary N) is 2. The number of ketones is 1. The lowest BCUT2D eigenvalue weighted by molar-refractivity contribution is -0.459. The molecule has 1 rings (SSSR count). The molecule has 0 radical (unpaired) electrons. The topological polar surface area (TPSA) is 83.1 Å². The molecule has 1 aliphatic rings. The van der Waals surface area contributed by atoms with Crippen LogP contribution in [-0.2, 0) is 4.79 Å². The molecule has 1 fully saturated rings. The van der Waals surface area contributed by atoms with Crippen molar-refractivity contribution >= 4 is 33.3 Å². The lowest BCUT2D eigenvalue weighted by Gasteiger charge is -2.06. The number of hydrogen-bond acceptors (Lipinski definition) is 3. The molecule has 6 heteroatoms. The molecule has 1 unspecified atom stereocenters. The average molecular weight is 290 g/mol. The fourth-order valence-corrected chi connectivity index (χ4v) is 4.93. The summed E-state index contributed by atoms with van der Waals surface area (Å²) in [7, 11) is 4.00. The zero-order valence-corrected chi connectivity index (χ0v) is 12.5. The molecule has 1 atom stereocenters. The molecule has 5 N–H and O–H groups in total. The van der Waals surface area contributed by atoms with E-state index in [0.29, 0.717) is 18.7 Å². The normalized spacial score (nSPS) is 18.8. The van der Waals surface area contributed by atoms with E-state index in [4.69, 9.17) is 11.5 Å². The van der Waals surface area contributed by atoms with E-state index in [2.05, 4.69) is 4.99 Å². The standard InChI is InChI=1S/C12H23N3OS2/c13-12(14)15-8-3-5-10(16)4-1-2-6-11-7-9-17-18-11/h11H,1-9H2,(H4,13,14,15)/p+1. The number of unbranched alkanes of at least 4 members (excludes halogenated alkanes) is 1. The maximum Gasteiger partial charge on any atom is 0.338 e. The quantitative estimate of drug-likeness (QED) is 0.248. The minimum absolute atomic E-state index is 0.231. The average Bonchev–Trinajstić information content (AvgIpc) is 2.83. The first-order valence-electron chi connectivity index (χ1n) is 6.60. The van der Waals surface area contributed by atoms with Crippen molar-refractivity contribution in [3.8, 4) is 0 Å². The van der Waals surface area contributed by atoms with E-state index >= 15 is 0 Å². The van der Waals surface area contributed by atoms with Crippen molar-refractivity contribution in [2.75, 3.05) is 12.3 Å². The molecule has 0 aromatic heterocycles. The highest BCUT2D eigenvalue weighted by molar-refractivity contribution is 8.77. The number of hydrogen-bond donors (Lipinski definition) is 3. The van der Waals surface area contributed by atoms with Crippen LogP contribution in [0, 0.1) is 0 Å². The lowest BCUT2D eigenvalue weighted by Crippen LogP contribution is -2.78. The first kappa shape index (κ1) is 15.7. The summed E-state index contributed by atoms with van der Waals surface area (Å²) in [5.41, 5.74) is 10.5. The molecule has 0 spiro atoms. The lowest BCUT2D eigenvalue weighted by atomic mass is 10.1. The van der Waals surface area contributed by atoms with Gasteiger partial charge in [0.25, 0.3) is 0 Å². The first-order chi connectivity index (χ1) is 8.68. The SMILES string of the molecule is NC(N)=[NH+]CCCC(=O)CCCCC1CCSS1. The van der Waals surface area contributed by atoms with Gasteiger partial charge in [0, 0.05) is 23.8 Å². The van der Waals surface area contributed by atoms with Crippen molar-refractivity contribution in [1.29, 1.82) is 0 Å². The van der Waals surface area contributed by atoms with Crippen molar-refractivity contribution < 1.29 is 9.79 Å². The highest BCUT2D eigenvalue weighted by Gasteiger charge is 2.15. The van der Waals surface area contributed by atoms with Crippen LogP contribution in [-0.4, -0.2) is 29.3 Å². The predicted molar refractivity (Wildman–Crippen MR) is 80.4 cm³/mol. The highest BCUT2D eigenvalue weighted by Crippen LogP contribution is 2.39. The van der Waals surface area contributed by atoms with Crippen LogP contribution in [0.4, 0.5) is 0 Å². The second kappa shape index (κ2) is 9.55. The summed E-state index contributed by atoms with van der Waals surface area (Å²) in [4.78, 5) is 14.4. The van der Waals surface area contributed by atoms with E-state index in [-0.39, 0.29) is 5.96 Å². The third-order valence-electron chi connectivity index (χ3n) is 2.92. The van der Waals surface area contributed by atoms with E-state index in [1.54, 1.807) is 0 Å². The van der Waals surface area contributed by atoms with Gasteiger partial charge >= 0.3 is 5.96 Å². The summed E-state index contributed by atoms with van der Waals surface area (Å²) in [6.45, 7) is 0.685. The molecule has 0 saturated carbocycles. The van der Waals surface area contributed by atoms with Gasteiger partial charge < -0.3 is 0 Å². The summed E-state index contributed by atoms with van der Waals surface area (Å²) in [5, 5.41) is 0.831. The van der Waals surface area contributed by atoms with Gasteiger partial charge in [-0.05, 0) is 25.7 Å². The first-order valence-corrected chi connectivity index (χ1v) is 8.98. The van der Waals surface area contributed by atoms with E-state index < -0.39 is 0 Å². The monoisotopic (exact) mass is 290 g/mol. The number of Topliss-reactive ketones (excluding diaryl/α,β-unsaturated/α-hetero) is 1. The molecule has 0 bridgehead atoms. The third kappa shape index (κ3) is 7.87. The Labute approximate surface area is 117 Å². The van der Waals surface area contributed by atoms with Crippen LogP contribution in [0.2, 0.25) is 0 Å². The second-order valence-corrected chi connectivity index (χ2v) is 7.39. The Bertz CT molecular complexity index is 274. The Hall–Kier alpha value is -0.360. The van der Waals surface area contributed by atoms with Gasteiger partial charge in [-0.1, -0.05) is 28.0 Å². The molecular weight excluding hydrogens is 266 g/mol. The van der Waals surface area contributed by atoms with Gasteiger partial charge in [0.15, 0.2) is 0 Å². The number of nitrogens with one attached hydrogen (secondary N) is 1. The van der Waals surface area contributed by atoms with Gasteiger partial charge in [-0.2, -0.15) is 0 Å². The number of rotatable bonds is 9. The Morgan fingerprint density at radius 3 is 2.67 bits per heavy atom. The fourth-order valence-electron chi connectivity index (χ4n) is 1.90. The molecule has 4 nitrogen and oxygen atoms in total. The molecular formula is C12H24N3OS2+. The van der Waals surface area contributed by atoms with Gasteiger partial charge in [-0.25, -0.2) is 0 Å². The van der Waals surface area contributed by atoms with E-state index in [9.17, 15) is 4.79 Å². The smallest absolute Gasteiger partial charge is 0.300 e. The summed E-state index contributed by atoms with van der Waals surface area (Å²) in [6, 6.07) is 0. The van der Waals surface area contributed by atoms with Crippen LogP contribution in [0.15, 0.2) is 0 Å². The van der Waals surface area contributed by atoms with Crippen molar-refractivity contribution in [3.05, 3.63) is 0 Å². The largest absolute Gasteiger partial charge is 0.338 e. The number of guanidine groups is 1. The summed E-state index contributed by atoms with van der Waals surface area (Å²) in [6.07, 6.45) is 7.01. The van der Waals surface area contributed by atoms with Gasteiger partial charge in [-0.3, -0.25) is 21.3 Å². The summed E-state index contributed by atoms with van der Waals surface area (Å²) >= 11 is 0. The zero-order chi connectivity index (χ0) is 13.2. The highest BCUT2D eigenvalue weighted by atomic mass is 33.1.